The highest BCUT2D eigenvalue weighted by Crippen LogP contribution is 2.48. The number of amides is 1. The maximum absolute atomic E-state index is 13.3. The van der Waals surface area contributed by atoms with Crippen LogP contribution in [0.2, 0.25) is 0 Å². The van der Waals surface area contributed by atoms with Gasteiger partial charge in [-0.2, -0.15) is 0 Å². The van der Waals surface area contributed by atoms with E-state index in [0.29, 0.717) is 40.9 Å². The minimum Gasteiger partial charge on any atom is -0.453 e. The summed E-state index contributed by atoms with van der Waals surface area (Å²) in [6.45, 7) is 1.38. The summed E-state index contributed by atoms with van der Waals surface area (Å²) in [6.07, 6.45) is 1.61. The van der Waals surface area contributed by atoms with Crippen molar-refractivity contribution in [1.82, 2.24) is 5.16 Å². The van der Waals surface area contributed by atoms with Gasteiger partial charge in [0.1, 0.15) is 12.8 Å². The molecule has 1 aliphatic heterocycles. The van der Waals surface area contributed by atoms with Crippen molar-refractivity contribution in [2.75, 3.05) is 32.0 Å². The average Bonchev–Trinajstić information content (AvgIpc) is 3.48. The summed E-state index contributed by atoms with van der Waals surface area (Å²) < 4.78 is 11.0. The molecule has 3 aromatic rings. The van der Waals surface area contributed by atoms with Gasteiger partial charge in [-0.1, -0.05) is 53.7 Å². The zero-order chi connectivity index (χ0) is 22.3. The molecule has 2 atom stereocenters. The van der Waals surface area contributed by atoms with E-state index in [1.54, 1.807) is 30.3 Å². The summed E-state index contributed by atoms with van der Waals surface area (Å²) in [7, 11) is 1.95. The van der Waals surface area contributed by atoms with Gasteiger partial charge in [0.25, 0.3) is 5.91 Å². The van der Waals surface area contributed by atoms with Gasteiger partial charge in [-0.15, -0.1) is 0 Å². The van der Waals surface area contributed by atoms with Gasteiger partial charge >= 0.3 is 5.97 Å². The summed E-state index contributed by atoms with van der Waals surface area (Å²) in [6, 6.07) is 16.3. The summed E-state index contributed by atoms with van der Waals surface area (Å²) in [4.78, 5) is 25.7. The predicted molar refractivity (Wildman–Crippen MR) is 115 cm³/mol. The smallest absolute Gasteiger partial charge is 0.348 e. The molecule has 0 spiro atoms. The number of likely N-dealkylation sites (tertiary alicyclic amines) is 1. The Morgan fingerprint density at radius 3 is 2.44 bits per heavy atom. The van der Waals surface area contributed by atoms with Crippen LogP contribution in [0.4, 0.5) is 5.82 Å². The van der Waals surface area contributed by atoms with Gasteiger partial charge in [0.05, 0.1) is 13.6 Å². The first-order chi connectivity index (χ1) is 15.4. The number of carbonyl (C=O) groups is 2. The SMILES string of the molecule is C[N@@+]1(CC(=O)Nc2ccon2)CCC(OC(=O)C2(O)c3ccccc3-c3ccccc32)C1. The lowest BCUT2D eigenvalue weighted by Gasteiger charge is -2.29. The van der Waals surface area contributed by atoms with E-state index in [4.69, 9.17) is 9.26 Å². The van der Waals surface area contributed by atoms with Crippen molar-refractivity contribution in [2.24, 2.45) is 0 Å². The molecule has 8 heteroatoms. The quantitative estimate of drug-likeness (QED) is 0.472. The Morgan fingerprint density at radius 1 is 1.16 bits per heavy atom. The molecule has 1 fully saturated rings. The molecule has 8 nitrogen and oxygen atoms in total. The molecule has 1 unspecified atom stereocenters. The lowest BCUT2D eigenvalue weighted by Crippen LogP contribution is -2.48. The third-order valence-corrected chi connectivity index (χ3v) is 6.36. The number of likely N-dealkylation sites (N-methyl/N-ethyl adjacent to an activating group) is 1. The molecule has 1 aliphatic carbocycles. The minimum absolute atomic E-state index is 0.189. The zero-order valence-corrected chi connectivity index (χ0v) is 17.7. The van der Waals surface area contributed by atoms with Crippen LogP contribution >= 0.6 is 0 Å². The van der Waals surface area contributed by atoms with Crippen molar-refractivity contribution in [3.63, 3.8) is 0 Å². The second-order valence-electron chi connectivity index (χ2n) is 8.73. The van der Waals surface area contributed by atoms with Crippen LogP contribution in [-0.2, 0) is 19.9 Å². The van der Waals surface area contributed by atoms with Crippen molar-refractivity contribution < 1.29 is 28.4 Å². The number of quaternary nitrogens is 1. The number of aromatic nitrogens is 1. The molecule has 1 aromatic heterocycles. The number of aliphatic hydroxyl groups is 1. The molecule has 1 saturated heterocycles. The van der Waals surface area contributed by atoms with Gasteiger partial charge in [-0.05, 0) is 11.1 Å². The summed E-state index contributed by atoms with van der Waals surface area (Å²) in [5.41, 5.74) is 0.892. The molecule has 0 saturated carbocycles. The van der Waals surface area contributed by atoms with Gasteiger partial charge in [0.2, 0.25) is 5.60 Å². The van der Waals surface area contributed by atoms with E-state index in [2.05, 4.69) is 10.5 Å². The minimum atomic E-state index is -1.84. The van der Waals surface area contributed by atoms with E-state index in [1.807, 2.05) is 31.3 Å². The molecule has 0 radical (unpaired) electrons. The van der Waals surface area contributed by atoms with Gasteiger partial charge < -0.3 is 24.2 Å². The topological polar surface area (TPSA) is 102 Å². The fraction of sp³-hybridized carbons (Fsp3) is 0.292. The van der Waals surface area contributed by atoms with E-state index >= 15 is 0 Å². The lowest BCUT2D eigenvalue weighted by molar-refractivity contribution is -0.890. The number of rotatable bonds is 5. The predicted octanol–water partition coefficient (Wildman–Crippen LogP) is 2.29. The van der Waals surface area contributed by atoms with Crippen LogP contribution < -0.4 is 5.32 Å². The van der Waals surface area contributed by atoms with Gasteiger partial charge in [0.15, 0.2) is 18.5 Å². The van der Waals surface area contributed by atoms with Crippen LogP contribution in [0.1, 0.15) is 17.5 Å². The highest BCUT2D eigenvalue weighted by atomic mass is 16.6. The van der Waals surface area contributed by atoms with Crippen LogP contribution in [0, 0.1) is 0 Å². The normalized spacial score (nSPS) is 22.8. The van der Waals surface area contributed by atoms with E-state index in [9.17, 15) is 14.7 Å². The summed E-state index contributed by atoms with van der Waals surface area (Å²) >= 11 is 0. The standard InChI is InChI=1S/C24H23N3O5/c1-27(15-22(28)25-21-11-13-31-26-21)12-10-16(14-27)32-23(29)24(30)19-8-4-2-6-17(19)18-7-3-5-9-20(18)24/h2-9,11,13,16,30H,10,12,14-15H2,1H3/p+1/t16?,27-/m1/s1. The molecule has 2 aromatic carbocycles. The summed E-state index contributed by atoms with van der Waals surface area (Å²) in [5, 5.41) is 18.0. The third-order valence-electron chi connectivity index (χ3n) is 6.36. The monoisotopic (exact) mass is 434 g/mol. The van der Waals surface area contributed by atoms with Crippen LogP contribution in [0.3, 0.4) is 0 Å². The Hall–Kier alpha value is -3.49. The number of hydrogen-bond acceptors (Lipinski definition) is 6. The number of hydrogen-bond donors (Lipinski definition) is 2. The molecule has 32 heavy (non-hydrogen) atoms. The Kier molecular flexibility index (Phi) is 4.83. The van der Waals surface area contributed by atoms with Gasteiger partial charge in [-0.3, -0.25) is 4.79 Å². The molecule has 2 aliphatic rings. The molecule has 2 N–H and O–H groups in total. The Bertz CT molecular complexity index is 1130. The Labute approximate surface area is 185 Å². The van der Waals surface area contributed by atoms with Crippen LogP contribution in [0.25, 0.3) is 11.1 Å². The second kappa shape index (κ2) is 7.58. The van der Waals surface area contributed by atoms with E-state index in [0.717, 1.165) is 11.1 Å². The Balaban J connectivity index is 1.30. The van der Waals surface area contributed by atoms with Crippen LogP contribution in [-0.4, -0.2) is 59.4 Å². The molecule has 164 valence electrons. The average molecular weight is 434 g/mol. The molecule has 5 rings (SSSR count). The van der Waals surface area contributed by atoms with Crippen LogP contribution in [0.5, 0.6) is 0 Å². The number of ether oxygens (including phenoxy) is 1. The molecular weight excluding hydrogens is 410 g/mol. The van der Waals surface area contributed by atoms with Gasteiger partial charge in [0, 0.05) is 23.6 Å². The number of fused-ring (bicyclic) bond motifs is 3. The van der Waals surface area contributed by atoms with Crippen molar-refractivity contribution >= 4 is 17.7 Å². The van der Waals surface area contributed by atoms with Crippen molar-refractivity contribution in [2.45, 2.75) is 18.1 Å². The molecular formula is C24H24N3O5+. The second-order valence-corrected chi connectivity index (χ2v) is 8.73. The first-order valence-corrected chi connectivity index (χ1v) is 10.6. The van der Waals surface area contributed by atoms with E-state index in [1.165, 1.54) is 6.26 Å². The van der Waals surface area contributed by atoms with Crippen molar-refractivity contribution in [3.05, 3.63) is 72.0 Å². The number of carbonyl (C=O) groups excluding carboxylic acids is 2. The van der Waals surface area contributed by atoms with Crippen molar-refractivity contribution in [3.8, 4) is 11.1 Å². The van der Waals surface area contributed by atoms with Crippen molar-refractivity contribution in [1.29, 1.82) is 0 Å². The molecule has 0 bridgehead atoms. The highest BCUT2D eigenvalue weighted by Gasteiger charge is 2.51. The largest absolute Gasteiger partial charge is 0.453 e. The number of anilines is 1. The van der Waals surface area contributed by atoms with E-state index in [-0.39, 0.29) is 12.5 Å². The van der Waals surface area contributed by atoms with Crippen LogP contribution in [0.15, 0.2) is 65.4 Å². The van der Waals surface area contributed by atoms with Gasteiger partial charge in [-0.25, -0.2) is 4.79 Å². The lowest BCUT2D eigenvalue weighted by atomic mass is 9.91. The number of benzene rings is 2. The number of nitrogens with zero attached hydrogens (tertiary/aromatic N) is 2. The highest BCUT2D eigenvalue weighted by molar-refractivity contribution is 5.96. The van der Waals surface area contributed by atoms with E-state index < -0.39 is 17.7 Å². The summed E-state index contributed by atoms with van der Waals surface area (Å²) in [5.74, 6) is -0.504. The zero-order valence-electron chi connectivity index (χ0n) is 17.7. The maximum atomic E-state index is 13.3. The number of nitrogens with one attached hydrogen (secondary N) is 1. The Morgan fingerprint density at radius 2 is 1.81 bits per heavy atom. The molecule has 1 amide bonds. The first-order valence-electron chi connectivity index (χ1n) is 10.6. The molecule has 2 heterocycles. The third kappa shape index (κ3) is 3.37. The first kappa shape index (κ1) is 20.4. The fourth-order valence-electron chi connectivity index (χ4n) is 4.84. The maximum Gasteiger partial charge on any atom is 0.348 e. The fourth-order valence-corrected chi connectivity index (χ4v) is 4.84. The number of esters is 1.